The minimum Gasteiger partial charge on any atom is -0.454 e. The number of benzene rings is 2. The lowest BCUT2D eigenvalue weighted by atomic mass is 10.1. The van der Waals surface area contributed by atoms with E-state index in [0.29, 0.717) is 22.9 Å². The Balaban J connectivity index is 1.53. The molecule has 0 fully saturated rings. The summed E-state index contributed by atoms with van der Waals surface area (Å²) >= 11 is 0. The summed E-state index contributed by atoms with van der Waals surface area (Å²) in [7, 11) is 0. The van der Waals surface area contributed by atoms with Gasteiger partial charge in [0.05, 0.1) is 5.69 Å². The molecule has 2 aromatic carbocycles. The minimum atomic E-state index is -0.300. The predicted octanol–water partition coefficient (Wildman–Crippen LogP) is 3.30. The second-order valence-corrected chi connectivity index (χ2v) is 6.73. The van der Waals surface area contributed by atoms with Crippen molar-refractivity contribution in [2.75, 3.05) is 6.79 Å². The van der Waals surface area contributed by atoms with Gasteiger partial charge in [0, 0.05) is 17.8 Å². The molecule has 4 aromatic rings. The Bertz CT molecular complexity index is 1290. The molecule has 3 heterocycles. The molecular weight excluding hydrogens is 372 g/mol. The van der Waals surface area contributed by atoms with Crippen molar-refractivity contribution in [3.63, 3.8) is 0 Å². The number of aryl methyl sites for hydroxylation is 2. The normalized spacial score (nSPS) is 12.3. The summed E-state index contributed by atoms with van der Waals surface area (Å²) in [5, 5.41) is 8.40. The number of hydrogen-bond acceptors (Lipinski definition) is 7. The fraction of sp³-hybridized carbons (Fsp3) is 0.143. The molecule has 0 saturated carbocycles. The van der Waals surface area contributed by atoms with Gasteiger partial charge in [0.25, 0.3) is 5.89 Å². The van der Waals surface area contributed by atoms with E-state index in [1.165, 1.54) is 11.6 Å². The Labute approximate surface area is 165 Å². The van der Waals surface area contributed by atoms with Gasteiger partial charge in [0.2, 0.25) is 18.0 Å². The van der Waals surface area contributed by atoms with Crippen molar-refractivity contribution in [1.82, 2.24) is 19.9 Å². The van der Waals surface area contributed by atoms with Crippen molar-refractivity contribution in [1.29, 1.82) is 0 Å². The first kappa shape index (κ1) is 17.2. The number of nitrogens with zero attached hydrogens (tertiary/aromatic N) is 4. The van der Waals surface area contributed by atoms with E-state index in [1.54, 1.807) is 29.1 Å². The molecule has 0 aliphatic carbocycles. The Morgan fingerprint density at radius 2 is 1.83 bits per heavy atom. The van der Waals surface area contributed by atoms with E-state index in [4.69, 9.17) is 14.0 Å². The molecule has 0 bridgehead atoms. The quantitative estimate of drug-likeness (QED) is 0.532. The first-order valence-electron chi connectivity index (χ1n) is 9.00. The summed E-state index contributed by atoms with van der Waals surface area (Å²) in [4.78, 5) is 16.7. The second kappa shape index (κ2) is 6.59. The summed E-state index contributed by atoms with van der Waals surface area (Å²) in [5.74, 6) is 1.67. The zero-order valence-corrected chi connectivity index (χ0v) is 15.7. The van der Waals surface area contributed by atoms with Gasteiger partial charge in [-0.3, -0.25) is 4.79 Å². The average Bonchev–Trinajstić information content (AvgIpc) is 3.39. The van der Waals surface area contributed by atoms with Gasteiger partial charge in [-0.15, -0.1) is 0 Å². The van der Waals surface area contributed by atoms with Crippen molar-refractivity contribution >= 4 is 0 Å². The maximum atomic E-state index is 12.4. The third kappa shape index (κ3) is 3.04. The molecule has 0 radical (unpaired) electrons. The van der Waals surface area contributed by atoms with Gasteiger partial charge in [0.15, 0.2) is 17.2 Å². The Morgan fingerprint density at radius 3 is 2.69 bits per heavy atom. The first-order valence-corrected chi connectivity index (χ1v) is 9.00. The van der Waals surface area contributed by atoms with Gasteiger partial charge in [-0.05, 0) is 55.3 Å². The molecule has 1 aliphatic heterocycles. The number of rotatable bonds is 3. The molecule has 0 atom stereocenters. The fourth-order valence-corrected chi connectivity index (χ4v) is 3.04. The van der Waals surface area contributed by atoms with Gasteiger partial charge < -0.3 is 14.0 Å². The third-order valence-electron chi connectivity index (χ3n) is 4.82. The lowest BCUT2D eigenvalue weighted by molar-refractivity contribution is 0.174. The molecule has 5 rings (SSSR count). The van der Waals surface area contributed by atoms with Crippen molar-refractivity contribution in [2.45, 2.75) is 13.8 Å². The molecule has 8 nitrogen and oxygen atoms in total. The predicted molar refractivity (Wildman–Crippen MR) is 104 cm³/mol. The largest absolute Gasteiger partial charge is 0.454 e. The summed E-state index contributed by atoms with van der Waals surface area (Å²) < 4.78 is 17.6. The highest BCUT2D eigenvalue weighted by atomic mass is 16.7. The van der Waals surface area contributed by atoms with Gasteiger partial charge in [-0.1, -0.05) is 11.2 Å². The Morgan fingerprint density at radius 1 is 0.966 bits per heavy atom. The van der Waals surface area contributed by atoms with Crippen LogP contribution >= 0.6 is 0 Å². The van der Waals surface area contributed by atoms with Gasteiger partial charge in [-0.25, -0.2) is 4.68 Å². The van der Waals surface area contributed by atoms with E-state index in [9.17, 15) is 4.79 Å². The van der Waals surface area contributed by atoms with Crippen molar-refractivity contribution in [3.8, 4) is 40.2 Å². The number of ether oxygens (including phenoxy) is 2. The van der Waals surface area contributed by atoms with Crippen LogP contribution in [0.25, 0.3) is 28.7 Å². The molecule has 2 aromatic heterocycles. The molecule has 0 amide bonds. The van der Waals surface area contributed by atoms with Crippen molar-refractivity contribution < 1.29 is 14.0 Å². The average molecular weight is 388 g/mol. The van der Waals surface area contributed by atoms with Crippen LogP contribution < -0.4 is 14.9 Å². The minimum absolute atomic E-state index is 0.0563. The lowest BCUT2D eigenvalue weighted by Crippen LogP contribution is -2.12. The molecule has 0 saturated heterocycles. The summed E-state index contributed by atoms with van der Waals surface area (Å²) in [6.45, 7) is 4.25. The highest BCUT2D eigenvalue weighted by Crippen LogP contribution is 2.35. The summed E-state index contributed by atoms with van der Waals surface area (Å²) in [5.41, 5.74) is 3.63. The molecule has 29 heavy (non-hydrogen) atoms. The molecule has 144 valence electrons. The van der Waals surface area contributed by atoms with Crippen LogP contribution in [0, 0.1) is 13.8 Å². The second-order valence-electron chi connectivity index (χ2n) is 6.73. The highest BCUT2D eigenvalue weighted by Gasteiger charge is 2.19. The van der Waals surface area contributed by atoms with Crippen LogP contribution in [0.1, 0.15) is 11.1 Å². The molecule has 0 spiro atoms. The smallest absolute Gasteiger partial charge is 0.282 e. The van der Waals surface area contributed by atoms with Crippen molar-refractivity contribution in [2.24, 2.45) is 0 Å². The van der Waals surface area contributed by atoms with Crippen LogP contribution in [0.2, 0.25) is 0 Å². The van der Waals surface area contributed by atoms with Gasteiger partial charge >= 0.3 is 0 Å². The van der Waals surface area contributed by atoms with Crippen LogP contribution in [-0.2, 0) is 0 Å². The third-order valence-corrected chi connectivity index (χ3v) is 4.82. The van der Waals surface area contributed by atoms with E-state index in [1.807, 2.05) is 32.0 Å². The fourth-order valence-electron chi connectivity index (χ4n) is 3.04. The topological polar surface area (TPSA) is 92.3 Å². The van der Waals surface area contributed by atoms with Crippen LogP contribution in [0.4, 0.5) is 0 Å². The maximum Gasteiger partial charge on any atom is 0.282 e. The zero-order chi connectivity index (χ0) is 20.0. The monoisotopic (exact) mass is 388 g/mol. The number of hydrogen-bond donors (Lipinski definition) is 0. The molecule has 0 N–H and O–H groups in total. The zero-order valence-electron chi connectivity index (χ0n) is 15.7. The van der Waals surface area contributed by atoms with E-state index >= 15 is 0 Å². The van der Waals surface area contributed by atoms with Crippen LogP contribution in [-0.4, -0.2) is 26.7 Å². The van der Waals surface area contributed by atoms with E-state index in [2.05, 4.69) is 15.2 Å². The summed E-state index contributed by atoms with van der Waals surface area (Å²) in [6, 6.07) is 12.7. The van der Waals surface area contributed by atoms with Gasteiger partial charge in [-0.2, -0.15) is 10.1 Å². The molecular formula is C21H16N4O4. The molecule has 0 unspecified atom stereocenters. The Hall–Kier alpha value is -3.94. The van der Waals surface area contributed by atoms with Crippen LogP contribution in [0.15, 0.2) is 58.0 Å². The van der Waals surface area contributed by atoms with E-state index < -0.39 is 0 Å². The SMILES string of the molecule is Cc1ccc(-n2ccc(=O)c(-c3nc(-c4ccc5c(c4)OCO5)no3)n2)cc1C. The number of aromatic nitrogens is 4. The van der Waals surface area contributed by atoms with Crippen LogP contribution in [0.3, 0.4) is 0 Å². The first-order chi connectivity index (χ1) is 14.1. The van der Waals surface area contributed by atoms with Crippen molar-refractivity contribution in [3.05, 3.63) is 70.0 Å². The highest BCUT2D eigenvalue weighted by molar-refractivity contribution is 5.63. The molecule has 8 heteroatoms. The Kier molecular flexibility index (Phi) is 3.90. The van der Waals surface area contributed by atoms with E-state index in [-0.39, 0.29) is 23.8 Å². The maximum absolute atomic E-state index is 12.4. The molecule has 1 aliphatic rings. The number of fused-ring (bicyclic) bond motifs is 1. The van der Waals surface area contributed by atoms with Gasteiger partial charge in [0.1, 0.15) is 0 Å². The standard InChI is InChI=1S/C21H16N4O4/c1-12-3-5-15(9-13(12)2)25-8-7-16(26)19(23-25)21-22-20(24-29-21)14-4-6-17-18(10-14)28-11-27-17/h3-10H,11H2,1-2H3. The van der Waals surface area contributed by atoms with E-state index in [0.717, 1.165) is 11.3 Å². The lowest BCUT2D eigenvalue weighted by Gasteiger charge is -2.08. The summed E-state index contributed by atoms with van der Waals surface area (Å²) in [6.07, 6.45) is 1.62. The van der Waals surface area contributed by atoms with Crippen LogP contribution in [0.5, 0.6) is 11.5 Å².